The maximum absolute atomic E-state index is 12.5. The van der Waals surface area contributed by atoms with Crippen molar-refractivity contribution in [2.45, 2.75) is 33.1 Å². The number of aliphatic imine (C=N–C) groups is 1. The Hall–Kier alpha value is -2.05. The van der Waals surface area contributed by atoms with Gasteiger partial charge in [-0.25, -0.2) is 0 Å². The van der Waals surface area contributed by atoms with E-state index < -0.39 is 12.8 Å². The van der Waals surface area contributed by atoms with Gasteiger partial charge >= 0.3 is 6.18 Å². The van der Waals surface area contributed by atoms with Crippen LogP contribution in [0.1, 0.15) is 22.8 Å². The third kappa shape index (κ3) is 7.17. The molecule has 7 nitrogen and oxygen atoms in total. The molecule has 0 saturated heterocycles. The summed E-state index contributed by atoms with van der Waals surface area (Å²) in [6, 6.07) is 5.13. The molecule has 11 heteroatoms. The number of guanidine groups is 1. The fraction of sp³-hybridized carbons (Fsp3) is 0.471. The molecule has 0 aliphatic rings. The highest BCUT2D eigenvalue weighted by molar-refractivity contribution is 14.0. The van der Waals surface area contributed by atoms with E-state index in [-0.39, 0.29) is 36.3 Å². The maximum atomic E-state index is 12.5. The van der Waals surface area contributed by atoms with Gasteiger partial charge in [0, 0.05) is 26.2 Å². The topological polar surface area (TPSA) is 76.4 Å². The lowest BCUT2D eigenvalue weighted by atomic mass is 10.1. The minimum Gasteiger partial charge on any atom is -0.484 e. The van der Waals surface area contributed by atoms with E-state index in [1.54, 1.807) is 26.1 Å². The molecule has 28 heavy (non-hydrogen) atoms. The summed E-state index contributed by atoms with van der Waals surface area (Å²) < 4.78 is 44.2. The second-order valence-corrected chi connectivity index (χ2v) is 6.02. The second-order valence-electron chi connectivity index (χ2n) is 6.02. The summed E-state index contributed by atoms with van der Waals surface area (Å²) in [6.45, 7) is 2.97. The molecule has 0 amide bonds. The Bertz CT molecular complexity index is 807. The Balaban J connectivity index is 0.00000392. The van der Waals surface area contributed by atoms with Crippen LogP contribution in [0.3, 0.4) is 0 Å². The Morgan fingerprint density at radius 3 is 2.43 bits per heavy atom. The molecule has 0 saturated carbocycles. The molecule has 0 aliphatic heterocycles. The van der Waals surface area contributed by atoms with E-state index in [4.69, 9.17) is 4.74 Å². The summed E-state index contributed by atoms with van der Waals surface area (Å²) in [7, 11) is 3.46. The van der Waals surface area contributed by atoms with E-state index in [9.17, 15) is 13.2 Å². The minimum absolute atomic E-state index is 0. The number of ether oxygens (including phenoxy) is 1. The molecule has 1 aromatic heterocycles. The predicted octanol–water partition coefficient (Wildman–Crippen LogP) is 2.86. The lowest BCUT2D eigenvalue weighted by Crippen LogP contribution is -2.37. The Labute approximate surface area is 178 Å². The summed E-state index contributed by atoms with van der Waals surface area (Å²) in [6.07, 6.45) is -4.39. The van der Waals surface area contributed by atoms with E-state index in [2.05, 4.69) is 25.8 Å². The van der Waals surface area contributed by atoms with Crippen molar-refractivity contribution in [1.82, 2.24) is 25.4 Å². The lowest BCUT2D eigenvalue weighted by Gasteiger charge is -2.16. The number of hydrogen-bond acceptors (Lipinski definition) is 4. The monoisotopic (exact) mass is 512 g/mol. The molecule has 2 N–H and O–H groups in total. The lowest BCUT2D eigenvalue weighted by molar-refractivity contribution is -0.153. The molecule has 0 radical (unpaired) electrons. The van der Waals surface area contributed by atoms with Crippen LogP contribution in [0.15, 0.2) is 23.2 Å². The smallest absolute Gasteiger partial charge is 0.422 e. The highest BCUT2D eigenvalue weighted by Gasteiger charge is 2.28. The SMILES string of the molecule is CN=C(NCc1ccc(C)cc1OCC(F)(F)F)NCc1nnc(C)n1C.I. The van der Waals surface area contributed by atoms with Crippen LogP contribution in [0, 0.1) is 13.8 Å². The van der Waals surface area contributed by atoms with Crippen molar-refractivity contribution in [3.63, 3.8) is 0 Å². The van der Waals surface area contributed by atoms with Gasteiger partial charge in [0.15, 0.2) is 18.4 Å². The maximum Gasteiger partial charge on any atom is 0.422 e. The summed E-state index contributed by atoms with van der Waals surface area (Å²) in [4.78, 5) is 4.10. The van der Waals surface area contributed by atoms with Crippen LogP contribution in [-0.2, 0) is 20.1 Å². The highest BCUT2D eigenvalue weighted by atomic mass is 127. The number of hydrogen-bond donors (Lipinski definition) is 2. The van der Waals surface area contributed by atoms with E-state index >= 15 is 0 Å². The number of halogens is 4. The van der Waals surface area contributed by atoms with Gasteiger partial charge in [0.05, 0.1) is 6.54 Å². The Morgan fingerprint density at radius 2 is 1.86 bits per heavy atom. The number of alkyl halides is 3. The molecule has 0 unspecified atom stereocenters. The van der Waals surface area contributed by atoms with Gasteiger partial charge in [0.2, 0.25) is 0 Å². The fourth-order valence-electron chi connectivity index (χ4n) is 2.27. The summed E-state index contributed by atoms with van der Waals surface area (Å²) in [5, 5.41) is 14.2. The van der Waals surface area contributed by atoms with Gasteiger partial charge in [0.1, 0.15) is 11.6 Å². The van der Waals surface area contributed by atoms with Crippen LogP contribution < -0.4 is 15.4 Å². The number of aryl methyl sites for hydroxylation is 2. The van der Waals surface area contributed by atoms with Gasteiger partial charge in [-0.3, -0.25) is 4.99 Å². The molecule has 2 aromatic rings. The van der Waals surface area contributed by atoms with Crippen molar-refractivity contribution in [2.75, 3.05) is 13.7 Å². The quantitative estimate of drug-likeness (QED) is 0.354. The van der Waals surface area contributed by atoms with E-state index in [1.165, 1.54) is 0 Å². The van der Waals surface area contributed by atoms with E-state index in [0.29, 0.717) is 18.1 Å². The van der Waals surface area contributed by atoms with Crippen molar-refractivity contribution in [2.24, 2.45) is 12.0 Å². The van der Waals surface area contributed by atoms with Crippen molar-refractivity contribution >= 4 is 29.9 Å². The summed E-state index contributed by atoms with van der Waals surface area (Å²) in [5.74, 6) is 2.21. The van der Waals surface area contributed by atoms with Crippen LogP contribution in [0.25, 0.3) is 0 Å². The van der Waals surface area contributed by atoms with Crippen molar-refractivity contribution < 1.29 is 17.9 Å². The first kappa shape index (κ1) is 24.0. The first-order chi connectivity index (χ1) is 12.7. The van der Waals surface area contributed by atoms with Crippen LogP contribution >= 0.6 is 24.0 Å². The average molecular weight is 512 g/mol. The van der Waals surface area contributed by atoms with Gasteiger partial charge in [-0.05, 0) is 25.5 Å². The van der Waals surface area contributed by atoms with Gasteiger partial charge in [0.25, 0.3) is 0 Å². The largest absolute Gasteiger partial charge is 0.484 e. The summed E-state index contributed by atoms with van der Waals surface area (Å²) in [5.41, 5.74) is 1.42. The Kier molecular flexibility index (Phi) is 8.98. The third-order valence-electron chi connectivity index (χ3n) is 3.88. The van der Waals surface area contributed by atoms with Crippen LogP contribution in [0.4, 0.5) is 13.2 Å². The molecule has 1 heterocycles. The summed E-state index contributed by atoms with van der Waals surface area (Å²) >= 11 is 0. The van der Waals surface area contributed by atoms with E-state index in [0.717, 1.165) is 17.2 Å². The molecule has 156 valence electrons. The first-order valence-corrected chi connectivity index (χ1v) is 8.28. The number of nitrogens with one attached hydrogen (secondary N) is 2. The zero-order valence-electron chi connectivity index (χ0n) is 16.1. The molecular formula is C17H24F3IN6O. The molecule has 2 rings (SSSR count). The molecule has 0 atom stereocenters. The number of benzene rings is 1. The van der Waals surface area contributed by atoms with Gasteiger partial charge in [-0.1, -0.05) is 12.1 Å². The van der Waals surface area contributed by atoms with Crippen molar-refractivity contribution in [3.05, 3.63) is 41.0 Å². The van der Waals surface area contributed by atoms with Crippen LogP contribution in [-0.4, -0.2) is 40.6 Å². The third-order valence-corrected chi connectivity index (χ3v) is 3.88. The number of nitrogens with zero attached hydrogens (tertiary/aromatic N) is 4. The van der Waals surface area contributed by atoms with E-state index in [1.807, 2.05) is 24.6 Å². The highest BCUT2D eigenvalue weighted by Crippen LogP contribution is 2.23. The van der Waals surface area contributed by atoms with Gasteiger partial charge < -0.3 is 19.9 Å². The standard InChI is InChI=1S/C17H23F3N6O.HI/c1-11-5-6-13(14(7-11)27-10-17(18,19)20)8-22-16(21-3)23-9-15-25-24-12(2)26(15)4;/h5-7H,8-10H2,1-4H3,(H2,21,22,23);1H. The average Bonchev–Trinajstić information content (AvgIpc) is 2.92. The Morgan fingerprint density at radius 1 is 1.18 bits per heavy atom. The minimum atomic E-state index is -4.39. The first-order valence-electron chi connectivity index (χ1n) is 8.28. The van der Waals surface area contributed by atoms with Crippen molar-refractivity contribution in [3.8, 4) is 5.75 Å². The molecule has 0 bridgehead atoms. The predicted molar refractivity (Wildman–Crippen MR) is 111 cm³/mol. The molecule has 0 aliphatic carbocycles. The molecule has 0 spiro atoms. The molecule has 0 fully saturated rings. The fourth-order valence-corrected chi connectivity index (χ4v) is 2.27. The normalized spacial score (nSPS) is 11.8. The zero-order chi connectivity index (χ0) is 20.0. The number of aromatic nitrogens is 3. The molecule has 1 aromatic carbocycles. The van der Waals surface area contributed by atoms with Crippen molar-refractivity contribution in [1.29, 1.82) is 0 Å². The van der Waals surface area contributed by atoms with Gasteiger partial charge in [-0.15, -0.1) is 34.2 Å². The number of rotatable bonds is 6. The van der Waals surface area contributed by atoms with Crippen LogP contribution in [0.5, 0.6) is 5.75 Å². The van der Waals surface area contributed by atoms with Crippen LogP contribution in [0.2, 0.25) is 0 Å². The van der Waals surface area contributed by atoms with Gasteiger partial charge in [-0.2, -0.15) is 13.2 Å². The zero-order valence-corrected chi connectivity index (χ0v) is 18.4. The molecular weight excluding hydrogens is 488 g/mol. The second kappa shape index (κ2) is 10.5.